The first-order chi connectivity index (χ1) is 11.4. The summed E-state index contributed by atoms with van der Waals surface area (Å²) in [6, 6.07) is 5.32. The third-order valence-corrected chi connectivity index (χ3v) is 3.98. The molecule has 1 N–H and O–H groups in total. The van der Waals surface area contributed by atoms with E-state index < -0.39 is 0 Å². The van der Waals surface area contributed by atoms with E-state index in [9.17, 15) is 4.79 Å². The molecule has 2 aromatic rings. The molecular weight excluding hydrogens is 330 g/mol. The van der Waals surface area contributed by atoms with E-state index in [2.05, 4.69) is 10.5 Å². The Balaban J connectivity index is 1.88. The molecule has 0 aliphatic heterocycles. The maximum absolute atomic E-state index is 12.1. The summed E-state index contributed by atoms with van der Waals surface area (Å²) in [7, 11) is 3.47. The number of aromatic nitrogens is 1. The first-order valence-corrected chi connectivity index (χ1v) is 7.98. The van der Waals surface area contributed by atoms with E-state index in [1.807, 2.05) is 25.8 Å². The monoisotopic (exact) mass is 351 g/mol. The molecule has 1 aromatic carbocycles. The molecule has 0 aliphatic carbocycles. The molecule has 0 bridgehead atoms. The van der Waals surface area contributed by atoms with Crippen molar-refractivity contribution < 1.29 is 14.1 Å². The van der Waals surface area contributed by atoms with E-state index in [1.165, 1.54) is 0 Å². The van der Waals surface area contributed by atoms with Crippen molar-refractivity contribution in [3.8, 4) is 5.75 Å². The number of halogens is 1. The fourth-order valence-electron chi connectivity index (χ4n) is 2.43. The Bertz CT molecular complexity index is 696. The molecule has 1 aromatic heterocycles. The average molecular weight is 352 g/mol. The lowest BCUT2D eigenvalue weighted by atomic mass is 10.2. The van der Waals surface area contributed by atoms with Gasteiger partial charge in [-0.25, -0.2) is 0 Å². The van der Waals surface area contributed by atoms with Crippen LogP contribution < -0.4 is 10.1 Å². The van der Waals surface area contributed by atoms with Gasteiger partial charge in [0.1, 0.15) is 11.5 Å². The largest absolute Gasteiger partial charge is 0.496 e. The van der Waals surface area contributed by atoms with Gasteiger partial charge in [0.25, 0.3) is 0 Å². The standard InChI is InChI=1S/C17H22ClN3O3/c1-11-15(12(2)24-20-11)9-21(3)10-17(22)19-8-13-7-14(18)5-6-16(13)23-4/h5-7H,8-10H2,1-4H3,(H,19,22). The number of carbonyl (C=O) groups is 1. The highest BCUT2D eigenvalue weighted by molar-refractivity contribution is 6.30. The van der Waals surface area contributed by atoms with Gasteiger partial charge in [0, 0.05) is 29.2 Å². The number of hydrogen-bond donors (Lipinski definition) is 1. The number of benzene rings is 1. The van der Waals surface area contributed by atoms with Gasteiger partial charge in [-0.2, -0.15) is 0 Å². The molecule has 1 heterocycles. The summed E-state index contributed by atoms with van der Waals surface area (Å²) in [4.78, 5) is 14.1. The minimum Gasteiger partial charge on any atom is -0.496 e. The molecule has 0 saturated heterocycles. The predicted octanol–water partition coefficient (Wildman–Crippen LogP) is 2.70. The third kappa shape index (κ3) is 4.72. The van der Waals surface area contributed by atoms with Crippen LogP contribution in [0.25, 0.3) is 0 Å². The molecular formula is C17H22ClN3O3. The van der Waals surface area contributed by atoms with Crippen LogP contribution >= 0.6 is 11.6 Å². The molecule has 2 rings (SSSR count). The lowest BCUT2D eigenvalue weighted by Gasteiger charge is -2.16. The highest BCUT2D eigenvalue weighted by Gasteiger charge is 2.14. The van der Waals surface area contributed by atoms with E-state index in [0.29, 0.717) is 23.9 Å². The van der Waals surface area contributed by atoms with E-state index >= 15 is 0 Å². The van der Waals surface area contributed by atoms with Crippen molar-refractivity contribution in [2.75, 3.05) is 20.7 Å². The number of likely N-dealkylation sites (N-methyl/N-ethyl adjacent to an activating group) is 1. The van der Waals surface area contributed by atoms with Crippen LogP contribution in [0.5, 0.6) is 5.75 Å². The molecule has 0 spiro atoms. The molecule has 0 aliphatic rings. The number of nitrogens with zero attached hydrogens (tertiary/aromatic N) is 2. The van der Waals surface area contributed by atoms with Crippen LogP contribution in [0.3, 0.4) is 0 Å². The second kappa shape index (κ2) is 8.17. The maximum Gasteiger partial charge on any atom is 0.234 e. The van der Waals surface area contributed by atoms with Gasteiger partial charge in [0.2, 0.25) is 5.91 Å². The number of rotatable bonds is 7. The summed E-state index contributed by atoms with van der Waals surface area (Å²) in [5.74, 6) is 1.40. The fraction of sp³-hybridized carbons (Fsp3) is 0.412. The van der Waals surface area contributed by atoms with Crippen molar-refractivity contribution in [3.63, 3.8) is 0 Å². The van der Waals surface area contributed by atoms with Gasteiger partial charge in [0.15, 0.2) is 0 Å². The Hall–Kier alpha value is -2.05. The summed E-state index contributed by atoms with van der Waals surface area (Å²) < 4.78 is 10.4. The number of methoxy groups -OCH3 is 1. The van der Waals surface area contributed by atoms with Crippen LogP contribution in [0.15, 0.2) is 22.7 Å². The Labute approximate surface area is 146 Å². The average Bonchev–Trinajstić information content (AvgIpc) is 2.85. The first kappa shape index (κ1) is 18.3. The third-order valence-electron chi connectivity index (χ3n) is 3.74. The molecule has 1 amide bonds. The second-order valence-corrected chi connectivity index (χ2v) is 6.14. The summed E-state index contributed by atoms with van der Waals surface area (Å²) in [6.07, 6.45) is 0. The SMILES string of the molecule is COc1ccc(Cl)cc1CNC(=O)CN(C)Cc1c(C)noc1C. The summed E-state index contributed by atoms with van der Waals surface area (Å²) >= 11 is 5.99. The number of carbonyl (C=O) groups excluding carboxylic acids is 1. The minimum atomic E-state index is -0.0775. The van der Waals surface area contributed by atoms with Gasteiger partial charge >= 0.3 is 0 Å². The van der Waals surface area contributed by atoms with E-state index in [-0.39, 0.29) is 12.5 Å². The zero-order valence-electron chi connectivity index (χ0n) is 14.4. The molecule has 6 nitrogen and oxygen atoms in total. The van der Waals surface area contributed by atoms with Crippen molar-refractivity contribution in [2.45, 2.75) is 26.9 Å². The molecule has 0 unspecified atom stereocenters. The molecule has 0 fully saturated rings. The molecule has 0 atom stereocenters. The van der Waals surface area contributed by atoms with Gasteiger partial charge in [0.05, 0.1) is 19.3 Å². The van der Waals surface area contributed by atoms with Crippen LogP contribution in [0.4, 0.5) is 0 Å². The molecule has 24 heavy (non-hydrogen) atoms. The lowest BCUT2D eigenvalue weighted by molar-refractivity contribution is -0.122. The van der Waals surface area contributed by atoms with Gasteiger partial charge in [-0.15, -0.1) is 0 Å². The fourth-order valence-corrected chi connectivity index (χ4v) is 2.63. The van der Waals surface area contributed by atoms with Crippen LogP contribution in [-0.2, 0) is 17.9 Å². The van der Waals surface area contributed by atoms with Crippen LogP contribution in [0.2, 0.25) is 5.02 Å². The normalized spacial score (nSPS) is 10.9. The van der Waals surface area contributed by atoms with Gasteiger partial charge < -0.3 is 14.6 Å². The highest BCUT2D eigenvalue weighted by atomic mass is 35.5. The molecule has 7 heteroatoms. The summed E-state index contributed by atoms with van der Waals surface area (Å²) in [5.41, 5.74) is 2.71. The van der Waals surface area contributed by atoms with Gasteiger partial charge in [-0.1, -0.05) is 16.8 Å². The van der Waals surface area contributed by atoms with Crippen LogP contribution in [0.1, 0.15) is 22.6 Å². The summed E-state index contributed by atoms with van der Waals surface area (Å²) in [5, 5.41) is 7.41. The van der Waals surface area contributed by atoms with Gasteiger partial charge in [-0.3, -0.25) is 9.69 Å². The van der Waals surface area contributed by atoms with Crippen molar-refractivity contribution in [1.82, 2.24) is 15.4 Å². The zero-order valence-corrected chi connectivity index (χ0v) is 15.1. The quantitative estimate of drug-likeness (QED) is 0.830. The van der Waals surface area contributed by atoms with E-state index in [4.69, 9.17) is 20.9 Å². The Kier molecular flexibility index (Phi) is 6.23. The van der Waals surface area contributed by atoms with E-state index in [0.717, 1.165) is 22.6 Å². The Morgan fingerprint density at radius 3 is 2.79 bits per heavy atom. The lowest BCUT2D eigenvalue weighted by Crippen LogP contribution is -2.34. The van der Waals surface area contributed by atoms with Crippen molar-refractivity contribution >= 4 is 17.5 Å². The molecule has 130 valence electrons. The summed E-state index contributed by atoms with van der Waals surface area (Å²) in [6.45, 7) is 5.00. The number of hydrogen-bond acceptors (Lipinski definition) is 5. The van der Waals surface area contributed by atoms with Crippen molar-refractivity contribution in [2.24, 2.45) is 0 Å². The first-order valence-electron chi connectivity index (χ1n) is 7.60. The number of aryl methyl sites for hydroxylation is 2. The number of nitrogens with one attached hydrogen (secondary N) is 1. The molecule has 0 radical (unpaired) electrons. The Morgan fingerprint density at radius 2 is 2.17 bits per heavy atom. The van der Waals surface area contributed by atoms with E-state index in [1.54, 1.807) is 25.3 Å². The van der Waals surface area contributed by atoms with Gasteiger partial charge in [-0.05, 0) is 39.1 Å². The number of amides is 1. The minimum absolute atomic E-state index is 0.0775. The molecule has 0 saturated carbocycles. The number of ether oxygens (including phenoxy) is 1. The Morgan fingerprint density at radius 1 is 1.42 bits per heavy atom. The zero-order chi connectivity index (χ0) is 17.7. The van der Waals surface area contributed by atoms with Crippen molar-refractivity contribution in [3.05, 3.63) is 45.8 Å². The maximum atomic E-state index is 12.1. The van der Waals surface area contributed by atoms with Crippen LogP contribution in [-0.4, -0.2) is 36.7 Å². The smallest absolute Gasteiger partial charge is 0.234 e. The second-order valence-electron chi connectivity index (χ2n) is 5.71. The van der Waals surface area contributed by atoms with Crippen molar-refractivity contribution in [1.29, 1.82) is 0 Å². The predicted molar refractivity (Wildman–Crippen MR) is 92.2 cm³/mol. The van der Waals surface area contributed by atoms with Crippen LogP contribution in [0, 0.1) is 13.8 Å². The topological polar surface area (TPSA) is 67.6 Å². The highest BCUT2D eigenvalue weighted by Crippen LogP contribution is 2.22.